The minimum atomic E-state index is -4.46. The third-order valence-electron chi connectivity index (χ3n) is 2.12. The Morgan fingerprint density at radius 1 is 1.46 bits per heavy atom. The molecular weight excluding hydrogens is 185 g/mol. The van der Waals surface area contributed by atoms with E-state index in [0.717, 1.165) is 0 Å². The highest BCUT2D eigenvalue weighted by Crippen LogP contribution is 2.39. The zero-order chi connectivity index (χ0) is 9.64. The largest absolute Gasteiger partial charge is 0.437 e. The van der Waals surface area contributed by atoms with Crippen molar-refractivity contribution in [1.29, 1.82) is 0 Å². The van der Waals surface area contributed by atoms with Gasteiger partial charge in [0.05, 0.1) is 0 Å². The highest BCUT2D eigenvalue weighted by molar-refractivity contribution is 5.32. The van der Waals surface area contributed by atoms with E-state index in [2.05, 4.69) is 9.68 Å². The second-order valence-electron chi connectivity index (χ2n) is 3.01. The number of aromatic nitrogens is 1. The summed E-state index contributed by atoms with van der Waals surface area (Å²) in [7, 11) is 0. The number of halogens is 3. The highest BCUT2D eigenvalue weighted by Gasteiger charge is 2.42. The number of aryl methyl sites for hydroxylation is 1. The van der Waals surface area contributed by atoms with Crippen molar-refractivity contribution in [3.8, 4) is 0 Å². The summed E-state index contributed by atoms with van der Waals surface area (Å²) in [5.74, 6) is 0.278. The van der Waals surface area contributed by atoms with Crippen LogP contribution in [0.4, 0.5) is 13.2 Å². The first-order chi connectivity index (χ1) is 6.00. The molecule has 13 heavy (non-hydrogen) atoms. The van der Waals surface area contributed by atoms with E-state index >= 15 is 0 Å². The van der Waals surface area contributed by atoms with Crippen LogP contribution in [0.15, 0.2) is 4.52 Å². The number of hydrogen-bond acceptors (Lipinski definition) is 3. The van der Waals surface area contributed by atoms with Crippen molar-refractivity contribution < 1.29 is 17.7 Å². The molecular formula is C7H7F3N2O. The van der Waals surface area contributed by atoms with Crippen LogP contribution in [0.25, 0.3) is 0 Å². The Kier molecular flexibility index (Phi) is 1.63. The predicted octanol–water partition coefficient (Wildman–Crippen LogP) is 1.64. The van der Waals surface area contributed by atoms with Crippen LogP contribution in [-0.2, 0) is 12.6 Å². The van der Waals surface area contributed by atoms with Gasteiger partial charge in [0.25, 0.3) is 0 Å². The van der Waals surface area contributed by atoms with Crippen LogP contribution in [-0.4, -0.2) is 5.16 Å². The van der Waals surface area contributed by atoms with E-state index in [9.17, 15) is 13.2 Å². The Bertz CT molecular complexity index is 331. The molecule has 0 saturated heterocycles. The molecule has 2 rings (SSSR count). The van der Waals surface area contributed by atoms with Crippen LogP contribution in [0.5, 0.6) is 0 Å². The molecule has 1 unspecified atom stereocenters. The number of alkyl halides is 3. The molecule has 0 radical (unpaired) electrons. The van der Waals surface area contributed by atoms with Gasteiger partial charge in [-0.15, -0.1) is 0 Å². The first kappa shape index (κ1) is 8.55. The van der Waals surface area contributed by atoms with Crippen molar-refractivity contribution in [2.24, 2.45) is 5.73 Å². The lowest BCUT2D eigenvalue weighted by molar-refractivity contribution is -0.143. The van der Waals surface area contributed by atoms with E-state index in [1.165, 1.54) is 0 Å². The molecule has 0 spiro atoms. The van der Waals surface area contributed by atoms with E-state index < -0.39 is 17.9 Å². The molecule has 6 heteroatoms. The molecule has 0 aromatic carbocycles. The van der Waals surface area contributed by atoms with Gasteiger partial charge in [0.15, 0.2) is 5.69 Å². The fraction of sp³-hybridized carbons (Fsp3) is 0.571. The average molecular weight is 192 g/mol. The maximum atomic E-state index is 12.3. The molecule has 0 fully saturated rings. The van der Waals surface area contributed by atoms with Crippen LogP contribution in [0.3, 0.4) is 0 Å². The summed E-state index contributed by atoms with van der Waals surface area (Å²) >= 11 is 0. The van der Waals surface area contributed by atoms with Gasteiger partial charge in [-0.25, -0.2) is 0 Å². The van der Waals surface area contributed by atoms with Crippen molar-refractivity contribution >= 4 is 0 Å². The summed E-state index contributed by atoms with van der Waals surface area (Å²) in [6, 6.07) is -0.585. The summed E-state index contributed by atoms with van der Waals surface area (Å²) in [5.41, 5.74) is 4.56. The van der Waals surface area contributed by atoms with Gasteiger partial charge in [-0.2, -0.15) is 13.2 Å². The lowest BCUT2D eigenvalue weighted by atomic mass is 10.1. The predicted molar refractivity (Wildman–Crippen MR) is 36.8 cm³/mol. The molecule has 1 atom stereocenters. The Morgan fingerprint density at radius 2 is 2.15 bits per heavy atom. The summed E-state index contributed by atoms with van der Waals surface area (Å²) in [6.07, 6.45) is -3.52. The molecule has 2 N–H and O–H groups in total. The molecule has 1 aromatic heterocycles. The fourth-order valence-electron chi connectivity index (χ4n) is 1.53. The van der Waals surface area contributed by atoms with Gasteiger partial charge in [0.1, 0.15) is 5.76 Å². The second-order valence-corrected chi connectivity index (χ2v) is 3.01. The SMILES string of the molecule is NC1CCc2onc(C(F)(F)F)c21. The first-order valence-corrected chi connectivity index (χ1v) is 3.81. The number of nitrogens with two attached hydrogens (primary N) is 1. The van der Waals surface area contributed by atoms with Crippen molar-refractivity contribution in [3.05, 3.63) is 17.0 Å². The van der Waals surface area contributed by atoms with E-state index in [1.54, 1.807) is 0 Å². The normalized spacial score (nSPS) is 22.0. The number of hydrogen-bond donors (Lipinski definition) is 1. The van der Waals surface area contributed by atoms with Gasteiger partial charge in [0, 0.05) is 18.0 Å². The van der Waals surface area contributed by atoms with Crippen molar-refractivity contribution in [1.82, 2.24) is 5.16 Å². The maximum absolute atomic E-state index is 12.3. The number of fused-ring (bicyclic) bond motifs is 1. The van der Waals surface area contributed by atoms with E-state index in [1.807, 2.05) is 0 Å². The molecule has 0 aliphatic heterocycles. The second kappa shape index (κ2) is 2.47. The monoisotopic (exact) mass is 192 g/mol. The molecule has 1 aromatic rings. The molecule has 0 saturated carbocycles. The lowest BCUT2D eigenvalue weighted by Gasteiger charge is -2.06. The summed E-state index contributed by atoms with van der Waals surface area (Å²) in [5, 5.41) is 2.98. The molecule has 3 nitrogen and oxygen atoms in total. The average Bonchev–Trinajstić information content (AvgIpc) is 2.51. The van der Waals surface area contributed by atoms with Crippen molar-refractivity contribution in [2.75, 3.05) is 0 Å². The fourth-order valence-corrected chi connectivity index (χ4v) is 1.53. The molecule has 0 bridgehead atoms. The van der Waals surface area contributed by atoms with Crippen molar-refractivity contribution in [2.45, 2.75) is 25.1 Å². The van der Waals surface area contributed by atoms with Gasteiger partial charge >= 0.3 is 6.18 Å². The summed E-state index contributed by atoms with van der Waals surface area (Å²) < 4.78 is 41.4. The van der Waals surface area contributed by atoms with Gasteiger partial charge in [-0.05, 0) is 6.42 Å². The maximum Gasteiger partial charge on any atom is 0.437 e. The van der Waals surface area contributed by atoms with E-state index in [0.29, 0.717) is 12.8 Å². The standard InChI is InChI=1S/C7H7F3N2O/c8-7(9,10)6-5-3(11)1-2-4(5)13-12-6/h3H,1-2,11H2. The van der Waals surface area contributed by atoms with E-state index in [4.69, 9.17) is 5.73 Å². The van der Waals surface area contributed by atoms with Crippen LogP contribution in [0.1, 0.15) is 29.5 Å². The number of rotatable bonds is 0. The van der Waals surface area contributed by atoms with Crippen LogP contribution < -0.4 is 5.73 Å². The lowest BCUT2D eigenvalue weighted by Crippen LogP contribution is -2.14. The van der Waals surface area contributed by atoms with Gasteiger partial charge in [-0.1, -0.05) is 5.16 Å². The van der Waals surface area contributed by atoms with Crippen LogP contribution >= 0.6 is 0 Å². The Balaban J connectivity index is 2.50. The zero-order valence-corrected chi connectivity index (χ0v) is 6.56. The van der Waals surface area contributed by atoms with E-state index in [-0.39, 0.29) is 11.3 Å². The quantitative estimate of drug-likeness (QED) is 0.679. The van der Waals surface area contributed by atoms with Gasteiger partial charge in [0.2, 0.25) is 0 Å². The Hall–Kier alpha value is -1.04. The molecule has 1 heterocycles. The van der Waals surface area contributed by atoms with Gasteiger partial charge in [-0.3, -0.25) is 0 Å². The number of nitrogens with zero attached hydrogens (tertiary/aromatic N) is 1. The minimum Gasteiger partial charge on any atom is -0.360 e. The minimum absolute atomic E-state index is 0.0347. The summed E-state index contributed by atoms with van der Waals surface area (Å²) in [4.78, 5) is 0. The third-order valence-corrected chi connectivity index (χ3v) is 2.12. The van der Waals surface area contributed by atoms with Crippen LogP contribution in [0.2, 0.25) is 0 Å². The highest BCUT2D eigenvalue weighted by atomic mass is 19.4. The first-order valence-electron chi connectivity index (χ1n) is 3.81. The molecule has 1 aliphatic rings. The molecule has 72 valence electrons. The molecule has 0 amide bonds. The van der Waals surface area contributed by atoms with Crippen LogP contribution in [0, 0.1) is 0 Å². The molecule has 1 aliphatic carbocycles. The topological polar surface area (TPSA) is 52.0 Å². The zero-order valence-electron chi connectivity index (χ0n) is 6.56. The third kappa shape index (κ3) is 1.21. The summed E-state index contributed by atoms with van der Waals surface area (Å²) in [6.45, 7) is 0. The Labute approximate surface area is 71.7 Å². The Morgan fingerprint density at radius 3 is 2.77 bits per heavy atom. The smallest absolute Gasteiger partial charge is 0.360 e. The van der Waals surface area contributed by atoms with Crippen molar-refractivity contribution in [3.63, 3.8) is 0 Å². The van der Waals surface area contributed by atoms with Gasteiger partial charge < -0.3 is 10.3 Å².